The largest absolute Gasteiger partial charge is 0.314 e. The normalized spacial score (nSPS) is 33.6. The molecule has 0 aromatic heterocycles. The van der Waals surface area contributed by atoms with E-state index in [0.29, 0.717) is 0 Å². The van der Waals surface area contributed by atoms with E-state index in [2.05, 4.69) is 12.2 Å². The van der Waals surface area contributed by atoms with Gasteiger partial charge in [0.25, 0.3) is 0 Å². The van der Waals surface area contributed by atoms with Gasteiger partial charge in [0.1, 0.15) is 0 Å². The molecule has 0 saturated heterocycles. The zero-order valence-electron chi connectivity index (χ0n) is 11.0. The van der Waals surface area contributed by atoms with Crippen LogP contribution in [0.3, 0.4) is 0 Å². The van der Waals surface area contributed by atoms with Crippen molar-refractivity contribution in [2.45, 2.75) is 77.2 Å². The Bertz CT molecular complexity index is 184. The Morgan fingerprint density at radius 2 is 1.44 bits per heavy atom. The molecule has 0 aromatic carbocycles. The Balaban J connectivity index is 1.86. The minimum Gasteiger partial charge on any atom is -0.314 e. The summed E-state index contributed by atoms with van der Waals surface area (Å²) in [5.41, 5.74) is 0. The molecule has 2 aliphatic rings. The van der Waals surface area contributed by atoms with Gasteiger partial charge in [-0.1, -0.05) is 58.3 Å². The minimum absolute atomic E-state index is 0.833. The van der Waals surface area contributed by atoms with Gasteiger partial charge in [-0.15, -0.1) is 0 Å². The minimum atomic E-state index is 0.833. The molecule has 0 radical (unpaired) electrons. The lowest BCUT2D eigenvalue weighted by atomic mass is 9.76. The fourth-order valence-corrected chi connectivity index (χ4v) is 3.91. The first-order valence-corrected chi connectivity index (χ1v) is 7.63. The first-order valence-electron chi connectivity index (χ1n) is 7.63. The number of nitrogens with one attached hydrogen (secondary N) is 1. The summed E-state index contributed by atoms with van der Waals surface area (Å²) in [5.74, 6) is 2.12. The van der Waals surface area contributed by atoms with Crippen LogP contribution in [-0.4, -0.2) is 12.6 Å². The van der Waals surface area contributed by atoms with E-state index >= 15 is 0 Å². The third kappa shape index (κ3) is 3.48. The number of hydrogen-bond acceptors (Lipinski definition) is 1. The lowest BCUT2D eigenvalue weighted by molar-refractivity contribution is 0.215. The van der Waals surface area contributed by atoms with Crippen LogP contribution in [0.2, 0.25) is 0 Å². The van der Waals surface area contributed by atoms with Crippen LogP contribution in [-0.2, 0) is 0 Å². The Kier molecular flexibility index (Phi) is 5.15. The van der Waals surface area contributed by atoms with Crippen LogP contribution >= 0.6 is 0 Å². The van der Waals surface area contributed by atoms with Crippen molar-refractivity contribution in [3.63, 3.8) is 0 Å². The summed E-state index contributed by atoms with van der Waals surface area (Å²) in [6, 6.07) is 0.833. The second-order valence-corrected chi connectivity index (χ2v) is 5.93. The molecule has 0 heterocycles. The predicted molar refractivity (Wildman–Crippen MR) is 70.6 cm³/mol. The molecule has 1 N–H and O–H groups in total. The summed E-state index contributed by atoms with van der Waals surface area (Å²) in [5, 5.41) is 3.69. The van der Waals surface area contributed by atoms with Gasteiger partial charge in [-0.2, -0.15) is 0 Å². The Morgan fingerprint density at radius 3 is 2.19 bits per heavy atom. The summed E-state index contributed by atoms with van der Waals surface area (Å²) in [6.07, 6.45) is 14.9. The molecule has 0 amide bonds. The molecule has 0 spiro atoms. The van der Waals surface area contributed by atoms with Crippen molar-refractivity contribution in [3.8, 4) is 0 Å². The molecule has 1 nitrogen and oxygen atoms in total. The lowest BCUT2D eigenvalue weighted by Gasteiger charge is -2.31. The molecule has 1 heteroatoms. The van der Waals surface area contributed by atoms with Crippen LogP contribution in [0.4, 0.5) is 0 Å². The Labute approximate surface area is 101 Å². The number of rotatable bonds is 3. The maximum absolute atomic E-state index is 3.69. The van der Waals surface area contributed by atoms with Gasteiger partial charge in [-0.25, -0.2) is 0 Å². The van der Waals surface area contributed by atoms with Gasteiger partial charge >= 0.3 is 0 Å². The molecule has 0 aliphatic heterocycles. The first kappa shape index (κ1) is 12.4. The molecule has 16 heavy (non-hydrogen) atoms. The molecule has 2 fully saturated rings. The predicted octanol–water partition coefficient (Wildman–Crippen LogP) is 4.13. The zero-order valence-corrected chi connectivity index (χ0v) is 11.0. The maximum atomic E-state index is 3.69. The highest BCUT2D eigenvalue weighted by Gasteiger charge is 2.27. The quantitative estimate of drug-likeness (QED) is 0.710. The van der Waals surface area contributed by atoms with Gasteiger partial charge < -0.3 is 5.32 Å². The average molecular weight is 223 g/mol. The van der Waals surface area contributed by atoms with Crippen LogP contribution in [0.25, 0.3) is 0 Å². The molecule has 0 bridgehead atoms. The molecule has 0 aromatic rings. The van der Waals surface area contributed by atoms with Crippen LogP contribution in [0.1, 0.15) is 71.1 Å². The topological polar surface area (TPSA) is 12.0 Å². The van der Waals surface area contributed by atoms with E-state index in [9.17, 15) is 0 Å². The molecular weight excluding hydrogens is 194 g/mol. The van der Waals surface area contributed by atoms with E-state index in [1.165, 1.54) is 64.2 Å². The third-order valence-electron chi connectivity index (χ3n) is 4.77. The second-order valence-electron chi connectivity index (χ2n) is 5.93. The average Bonchev–Trinajstić information content (AvgIpc) is 2.56. The first-order chi connectivity index (χ1) is 7.90. The summed E-state index contributed by atoms with van der Waals surface area (Å²) >= 11 is 0. The molecule has 2 atom stereocenters. The van der Waals surface area contributed by atoms with Gasteiger partial charge in [0, 0.05) is 6.04 Å². The SMILES string of the molecule is CCNC1CCCCC(C2CCCCC2)C1. The number of hydrogen-bond donors (Lipinski definition) is 1. The summed E-state index contributed by atoms with van der Waals surface area (Å²) in [6.45, 7) is 3.41. The van der Waals surface area contributed by atoms with Crippen molar-refractivity contribution in [3.05, 3.63) is 0 Å². The van der Waals surface area contributed by atoms with E-state index in [1.807, 2.05) is 0 Å². The Morgan fingerprint density at radius 1 is 0.812 bits per heavy atom. The zero-order chi connectivity index (χ0) is 11.2. The highest BCUT2D eigenvalue weighted by molar-refractivity contribution is 4.81. The molecule has 2 unspecified atom stereocenters. The second kappa shape index (κ2) is 6.64. The molecule has 94 valence electrons. The summed E-state index contributed by atoms with van der Waals surface area (Å²) < 4.78 is 0. The molecular formula is C15H29N. The third-order valence-corrected chi connectivity index (χ3v) is 4.77. The van der Waals surface area contributed by atoms with Crippen molar-refractivity contribution < 1.29 is 0 Å². The van der Waals surface area contributed by atoms with E-state index in [1.54, 1.807) is 0 Å². The van der Waals surface area contributed by atoms with Gasteiger partial charge in [-0.3, -0.25) is 0 Å². The van der Waals surface area contributed by atoms with Gasteiger partial charge in [-0.05, 0) is 31.2 Å². The van der Waals surface area contributed by atoms with Crippen molar-refractivity contribution in [2.75, 3.05) is 6.54 Å². The van der Waals surface area contributed by atoms with Gasteiger partial charge in [0.15, 0.2) is 0 Å². The Hall–Kier alpha value is -0.0400. The van der Waals surface area contributed by atoms with Crippen LogP contribution in [0, 0.1) is 11.8 Å². The van der Waals surface area contributed by atoms with Crippen LogP contribution < -0.4 is 5.32 Å². The smallest absolute Gasteiger partial charge is 0.00696 e. The van der Waals surface area contributed by atoms with Crippen LogP contribution in [0.15, 0.2) is 0 Å². The maximum Gasteiger partial charge on any atom is 0.00696 e. The van der Waals surface area contributed by atoms with Crippen molar-refractivity contribution in [1.82, 2.24) is 5.32 Å². The van der Waals surface area contributed by atoms with Crippen molar-refractivity contribution in [2.24, 2.45) is 11.8 Å². The molecule has 2 saturated carbocycles. The highest BCUT2D eigenvalue weighted by Crippen LogP contribution is 2.37. The van der Waals surface area contributed by atoms with E-state index in [0.717, 1.165) is 24.4 Å². The van der Waals surface area contributed by atoms with Crippen molar-refractivity contribution >= 4 is 0 Å². The van der Waals surface area contributed by atoms with Crippen LogP contribution in [0.5, 0.6) is 0 Å². The monoisotopic (exact) mass is 223 g/mol. The summed E-state index contributed by atoms with van der Waals surface area (Å²) in [7, 11) is 0. The summed E-state index contributed by atoms with van der Waals surface area (Å²) in [4.78, 5) is 0. The standard InChI is InChI=1S/C15H29N/c1-2-16-15-11-7-6-10-14(12-15)13-8-4-3-5-9-13/h13-16H,2-12H2,1H3. The van der Waals surface area contributed by atoms with Gasteiger partial charge in [0.05, 0.1) is 0 Å². The molecule has 2 rings (SSSR count). The van der Waals surface area contributed by atoms with Gasteiger partial charge in [0.2, 0.25) is 0 Å². The van der Waals surface area contributed by atoms with E-state index in [-0.39, 0.29) is 0 Å². The lowest BCUT2D eigenvalue weighted by Crippen LogP contribution is -2.32. The van der Waals surface area contributed by atoms with Crippen molar-refractivity contribution in [1.29, 1.82) is 0 Å². The fraction of sp³-hybridized carbons (Fsp3) is 1.00. The molecule has 2 aliphatic carbocycles. The van der Waals surface area contributed by atoms with E-state index < -0.39 is 0 Å². The van der Waals surface area contributed by atoms with E-state index in [4.69, 9.17) is 0 Å². The highest BCUT2D eigenvalue weighted by atomic mass is 14.9. The fourth-order valence-electron chi connectivity index (χ4n) is 3.91.